The Kier molecular flexibility index (Phi) is 7.82. The first-order valence-electron chi connectivity index (χ1n) is 7.87. The Morgan fingerprint density at radius 3 is 2.46 bits per heavy atom. The van der Waals surface area contributed by atoms with Gasteiger partial charge in [-0.2, -0.15) is 0 Å². The van der Waals surface area contributed by atoms with E-state index in [4.69, 9.17) is 10.5 Å². The van der Waals surface area contributed by atoms with Gasteiger partial charge in [-0.3, -0.25) is 4.79 Å². The lowest BCUT2D eigenvalue weighted by Crippen LogP contribution is -2.51. The molecule has 0 aliphatic carbocycles. The minimum absolute atomic E-state index is 0.170. The van der Waals surface area contributed by atoms with Crippen LogP contribution in [0.2, 0.25) is 0 Å². The maximum Gasteiger partial charge on any atom is 0.240 e. The summed E-state index contributed by atoms with van der Waals surface area (Å²) in [5.74, 6) is -0.220. The molecular formula is C16H27N3O4S. The van der Waals surface area contributed by atoms with Crippen molar-refractivity contribution >= 4 is 15.9 Å². The smallest absolute Gasteiger partial charge is 0.240 e. The topological polar surface area (TPSA) is 111 Å². The van der Waals surface area contributed by atoms with E-state index in [-0.39, 0.29) is 17.3 Å². The molecule has 0 fully saturated rings. The molecule has 1 atom stereocenters. The van der Waals surface area contributed by atoms with Crippen LogP contribution in [0.15, 0.2) is 29.2 Å². The van der Waals surface area contributed by atoms with Crippen molar-refractivity contribution in [2.75, 3.05) is 20.3 Å². The van der Waals surface area contributed by atoms with E-state index in [1.807, 2.05) is 6.92 Å². The van der Waals surface area contributed by atoms with Crippen LogP contribution in [-0.4, -0.2) is 40.1 Å². The van der Waals surface area contributed by atoms with Gasteiger partial charge in [0, 0.05) is 20.2 Å². The summed E-state index contributed by atoms with van der Waals surface area (Å²) in [7, 11) is -2.04. The van der Waals surface area contributed by atoms with Crippen LogP contribution in [0.3, 0.4) is 0 Å². The number of benzene rings is 1. The van der Waals surface area contributed by atoms with Crippen LogP contribution in [0.25, 0.3) is 0 Å². The van der Waals surface area contributed by atoms with Gasteiger partial charge < -0.3 is 15.8 Å². The number of rotatable bonds is 10. The molecule has 0 aromatic heterocycles. The van der Waals surface area contributed by atoms with Crippen LogP contribution in [0.1, 0.15) is 32.3 Å². The summed E-state index contributed by atoms with van der Waals surface area (Å²) in [4.78, 5) is 12.2. The number of methoxy groups -OCH3 is 1. The Morgan fingerprint density at radius 1 is 1.29 bits per heavy atom. The number of ether oxygens (including phenoxy) is 1. The quantitative estimate of drug-likeness (QED) is 0.535. The fourth-order valence-electron chi connectivity index (χ4n) is 2.17. The van der Waals surface area contributed by atoms with Gasteiger partial charge in [0.05, 0.1) is 17.0 Å². The van der Waals surface area contributed by atoms with Gasteiger partial charge in [-0.1, -0.05) is 25.5 Å². The average Bonchev–Trinajstić information content (AvgIpc) is 2.53. The van der Waals surface area contributed by atoms with Crippen molar-refractivity contribution in [3.63, 3.8) is 0 Å². The molecule has 24 heavy (non-hydrogen) atoms. The maximum atomic E-state index is 12.0. The van der Waals surface area contributed by atoms with Crippen molar-refractivity contribution in [3.8, 4) is 0 Å². The summed E-state index contributed by atoms with van der Waals surface area (Å²) >= 11 is 0. The van der Waals surface area contributed by atoms with Gasteiger partial charge in [0.1, 0.15) is 0 Å². The number of amides is 1. The molecule has 1 rings (SSSR count). The Labute approximate surface area is 144 Å². The van der Waals surface area contributed by atoms with E-state index in [9.17, 15) is 13.2 Å². The molecule has 0 radical (unpaired) electrons. The van der Waals surface area contributed by atoms with E-state index in [0.29, 0.717) is 19.6 Å². The molecule has 0 aliphatic rings. The molecule has 0 bridgehead atoms. The molecule has 0 heterocycles. The van der Waals surface area contributed by atoms with Crippen molar-refractivity contribution < 1.29 is 17.9 Å². The molecule has 1 aromatic carbocycles. The highest BCUT2D eigenvalue weighted by Crippen LogP contribution is 2.12. The predicted octanol–water partition coefficient (Wildman–Crippen LogP) is 0.745. The average molecular weight is 357 g/mol. The van der Waals surface area contributed by atoms with Crippen molar-refractivity contribution in [2.45, 2.75) is 43.7 Å². The van der Waals surface area contributed by atoms with E-state index in [1.54, 1.807) is 19.1 Å². The normalized spacial score (nSPS) is 14.2. The van der Waals surface area contributed by atoms with E-state index in [0.717, 1.165) is 12.0 Å². The van der Waals surface area contributed by atoms with Gasteiger partial charge in [0.2, 0.25) is 15.9 Å². The summed E-state index contributed by atoms with van der Waals surface area (Å²) in [5, 5.41) is 2.78. The van der Waals surface area contributed by atoms with Crippen LogP contribution in [-0.2, 0) is 26.1 Å². The zero-order valence-corrected chi connectivity index (χ0v) is 15.3. The van der Waals surface area contributed by atoms with Crippen molar-refractivity contribution in [1.82, 2.24) is 10.0 Å². The molecular weight excluding hydrogens is 330 g/mol. The second-order valence-corrected chi connectivity index (χ2v) is 7.65. The Morgan fingerprint density at radius 2 is 1.92 bits per heavy atom. The Hall–Kier alpha value is -1.48. The first-order chi connectivity index (χ1) is 11.2. The number of hydrogen-bond donors (Lipinski definition) is 3. The molecule has 0 saturated carbocycles. The highest BCUT2D eigenvalue weighted by atomic mass is 32.2. The van der Waals surface area contributed by atoms with Gasteiger partial charge in [-0.25, -0.2) is 13.1 Å². The zero-order valence-electron chi connectivity index (χ0n) is 14.5. The van der Waals surface area contributed by atoms with Crippen molar-refractivity contribution in [2.24, 2.45) is 5.73 Å². The van der Waals surface area contributed by atoms with Gasteiger partial charge >= 0.3 is 0 Å². The fraction of sp³-hybridized carbons (Fsp3) is 0.562. The third-order valence-electron chi connectivity index (χ3n) is 3.57. The SMILES string of the molecule is CCCC(C)(N)C(=O)NCc1ccc(S(=O)(=O)NCCOC)cc1. The standard InChI is InChI=1S/C16H27N3O4S/c1-4-9-16(2,17)15(20)18-12-13-5-7-14(8-6-13)24(21,22)19-10-11-23-3/h5-8,19H,4,9-12,17H2,1-3H3,(H,18,20). The summed E-state index contributed by atoms with van der Waals surface area (Å²) in [5.41, 5.74) is 5.86. The number of nitrogens with two attached hydrogens (primary N) is 1. The van der Waals surface area contributed by atoms with Crippen molar-refractivity contribution in [3.05, 3.63) is 29.8 Å². The predicted molar refractivity (Wildman–Crippen MR) is 92.9 cm³/mol. The van der Waals surface area contributed by atoms with Gasteiger partial charge in [0.25, 0.3) is 0 Å². The van der Waals surface area contributed by atoms with E-state index >= 15 is 0 Å². The zero-order chi connectivity index (χ0) is 18.2. The van der Waals surface area contributed by atoms with Gasteiger partial charge in [-0.15, -0.1) is 0 Å². The van der Waals surface area contributed by atoms with E-state index in [2.05, 4.69) is 10.0 Å². The number of carbonyl (C=O) groups is 1. The largest absolute Gasteiger partial charge is 0.383 e. The summed E-state index contributed by atoms with van der Waals surface area (Å²) in [6.07, 6.45) is 1.42. The lowest BCUT2D eigenvalue weighted by atomic mass is 9.96. The fourth-order valence-corrected chi connectivity index (χ4v) is 3.18. The summed E-state index contributed by atoms with van der Waals surface area (Å²) < 4.78 is 31.3. The van der Waals surface area contributed by atoms with Crippen LogP contribution >= 0.6 is 0 Å². The molecule has 136 valence electrons. The molecule has 1 unspecified atom stereocenters. The number of nitrogens with one attached hydrogen (secondary N) is 2. The highest BCUT2D eigenvalue weighted by molar-refractivity contribution is 7.89. The van der Waals surface area contributed by atoms with E-state index < -0.39 is 15.6 Å². The maximum absolute atomic E-state index is 12.0. The third-order valence-corrected chi connectivity index (χ3v) is 5.05. The third kappa shape index (κ3) is 6.20. The van der Waals surface area contributed by atoms with Crippen LogP contribution < -0.4 is 15.8 Å². The van der Waals surface area contributed by atoms with Crippen LogP contribution in [0.5, 0.6) is 0 Å². The minimum Gasteiger partial charge on any atom is -0.383 e. The second-order valence-electron chi connectivity index (χ2n) is 5.88. The summed E-state index contributed by atoms with van der Waals surface area (Å²) in [6, 6.07) is 6.34. The molecule has 7 nitrogen and oxygen atoms in total. The van der Waals surface area contributed by atoms with Crippen LogP contribution in [0.4, 0.5) is 0 Å². The lowest BCUT2D eigenvalue weighted by Gasteiger charge is -2.22. The highest BCUT2D eigenvalue weighted by Gasteiger charge is 2.26. The number of hydrogen-bond acceptors (Lipinski definition) is 5. The second kappa shape index (κ2) is 9.12. The Bertz CT molecular complexity index is 627. The molecule has 0 saturated heterocycles. The molecule has 1 aromatic rings. The lowest BCUT2D eigenvalue weighted by molar-refractivity contribution is -0.126. The molecule has 8 heteroatoms. The Balaban J connectivity index is 2.63. The molecule has 1 amide bonds. The number of carbonyl (C=O) groups excluding carboxylic acids is 1. The summed E-state index contributed by atoms with van der Waals surface area (Å²) in [6.45, 7) is 4.49. The van der Waals surface area contributed by atoms with Crippen LogP contribution in [0, 0.1) is 0 Å². The van der Waals surface area contributed by atoms with Crippen molar-refractivity contribution in [1.29, 1.82) is 0 Å². The van der Waals surface area contributed by atoms with E-state index in [1.165, 1.54) is 19.2 Å². The first-order valence-corrected chi connectivity index (χ1v) is 9.36. The minimum atomic E-state index is -3.55. The van der Waals surface area contributed by atoms with Gasteiger partial charge in [0.15, 0.2) is 0 Å². The first kappa shape index (κ1) is 20.6. The monoisotopic (exact) mass is 357 g/mol. The number of sulfonamides is 1. The molecule has 0 aliphatic heterocycles. The molecule has 0 spiro atoms. The van der Waals surface area contributed by atoms with Gasteiger partial charge in [-0.05, 0) is 31.0 Å². The molecule has 4 N–H and O–H groups in total.